The number of phenols is 2. The van der Waals surface area contributed by atoms with Crippen molar-refractivity contribution < 1.29 is 14.6 Å². The summed E-state index contributed by atoms with van der Waals surface area (Å²) in [5, 5.41) is 29.8. The molecular formula is C51H35B3N2O3. The molecule has 2 heterocycles. The monoisotopic (exact) mass is 756 g/mol. The summed E-state index contributed by atoms with van der Waals surface area (Å²) in [6.07, 6.45) is 0. The average Bonchev–Trinajstić information content (AvgIpc) is 3.86. The lowest BCUT2D eigenvalue weighted by molar-refractivity contribution is 0.459. The van der Waals surface area contributed by atoms with Crippen molar-refractivity contribution in [1.82, 2.24) is 9.55 Å². The number of aromatic hydroxyl groups is 2. The number of rotatable bonds is 5. The number of furan rings is 1. The Kier molecular flexibility index (Phi) is 7.85. The molecule has 9 aromatic carbocycles. The van der Waals surface area contributed by atoms with Gasteiger partial charge in [-0.15, -0.1) is 0 Å². The molecule has 0 aliphatic heterocycles. The van der Waals surface area contributed by atoms with Gasteiger partial charge in [-0.05, 0) is 97.4 Å². The lowest BCUT2D eigenvalue weighted by Crippen LogP contribution is -2.39. The van der Waals surface area contributed by atoms with E-state index in [9.17, 15) is 10.2 Å². The van der Waals surface area contributed by atoms with E-state index in [1.54, 1.807) is 0 Å². The summed E-state index contributed by atoms with van der Waals surface area (Å²) in [6.45, 7) is 0. The summed E-state index contributed by atoms with van der Waals surface area (Å²) in [6, 6.07) is 57.3. The third-order valence-electron chi connectivity index (χ3n) is 12.3. The number of nitrogens with zero attached hydrogens (tertiary/aromatic N) is 2. The van der Waals surface area contributed by atoms with E-state index < -0.39 is 0 Å². The summed E-state index contributed by atoms with van der Waals surface area (Å²) in [4.78, 5) is 5.00. The molecule has 11 rings (SSSR count). The minimum Gasteiger partial charge on any atom is -0.508 e. The van der Waals surface area contributed by atoms with Crippen molar-refractivity contribution >= 4 is 94.4 Å². The highest BCUT2D eigenvalue weighted by Crippen LogP contribution is 2.48. The van der Waals surface area contributed by atoms with Crippen LogP contribution >= 0.6 is 0 Å². The van der Waals surface area contributed by atoms with Gasteiger partial charge >= 0.3 is 0 Å². The molecule has 276 valence electrons. The Labute approximate surface area is 343 Å². The molecule has 0 saturated carbocycles. The van der Waals surface area contributed by atoms with Gasteiger partial charge in [-0.2, -0.15) is 0 Å². The standard InChI is InChI=1S/C51H35B3N2O3/c52-46-47(53)49(57)45(50(58)48(46)54)51-55-38-17-7-8-18-39(38)56(51)31-24-21-29(22-25-31)42-32-13-4-5-14-33(32)43(37-27-30(23-26-34(37)42)28-11-2-1-3-12-28)36-16-10-20-41-44(36)35-15-6-9-19-40(35)59-41/h1-27,57-58H,52-54H2. The van der Waals surface area contributed by atoms with Crippen molar-refractivity contribution in [2.24, 2.45) is 0 Å². The van der Waals surface area contributed by atoms with E-state index in [0.717, 1.165) is 104 Å². The van der Waals surface area contributed by atoms with Crippen LogP contribution in [0.4, 0.5) is 0 Å². The molecule has 0 saturated heterocycles. The van der Waals surface area contributed by atoms with Crippen LogP contribution in [-0.2, 0) is 0 Å². The smallest absolute Gasteiger partial charge is 0.153 e. The van der Waals surface area contributed by atoms with Crippen LogP contribution in [0, 0.1) is 0 Å². The van der Waals surface area contributed by atoms with Crippen LogP contribution in [-0.4, -0.2) is 43.3 Å². The molecule has 0 atom stereocenters. The predicted octanol–water partition coefficient (Wildman–Crippen LogP) is 8.09. The quantitative estimate of drug-likeness (QED) is 0.138. The molecular weight excluding hydrogens is 721 g/mol. The molecule has 0 fully saturated rings. The van der Waals surface area contributed by atoms with Crippen molar-refractivity contribution in [2.45, 2.75) is 0 Å². The maximum Gasteiger partial charge on any atom is 0.153 e. The Hall–Kier alpha value is -7.44. The number of aromatic nitrogens is 2. The third-order valence-corrected chi connectivity index (χ3v) is 12.3. The maximum atomic E-state index is 11.5. The molecule has 2 aromatic heterocycles. The number of hydrogen-bond donors (Lipinski definition) is 2. The van der Waals surface area contributed by atoms with Crippen molar-refractivity contribution in [2.75, 3.05) is 0 Å². The lowest BCUT2D eigenvalue weighted by Gasteiger charge is -2.20. The molecule has 0 radical (unpaired) electrons. The summed E-state index contributed by atoms with van der Waals surface area (Å²) >= 11 is 0. The van der Waals surface area contributed by atoms with Crippen LogP contribution in [0.25, 0.3) is 105 Å². The zero-order chi connectivity index (χ0) is 39.9. The van der Waals surface area contributed by atoms with E-state index in [0.29, 0.717) is 11.4 Å². The number of benzene rings is 9. The van der Waals surface area contributed by atoms with Gasteiger partial charge in [0.15, 0.2) is 5.82 Å². The second-order valence-corrected chi connectivity index (χ2v) is 15.5. The Morgan fingerprint density at radius 2 is 1.07 bits per heavy atom. The Morgan fingerprint density at radius 1 is 0.458 bits per heavy atom. The van der Waals surface area contributed by atoms with Gasteiger partial charge in [0.1, 0.15) is 51.8 Å². The minimum absolute atomic E-state index is 0.0331. The molecule has 0 aliphatic rings. The van der Waals surface area contributed by atoms with E-state index in [-0.39, 0.29) is 11.5 Å². The zero-order valence-electron chi connectivity index (χ0n) is 32.8. The van der Waals surface area contributed by atoms with Gasteiger partial charge in [-0.25, -0.2) is 4.98 Å². The highest BCUT2D eigenvalue weighted by atomic mass is 16.3. The molecule has 0 bridgehead atoms. The summed E-state index contributed by atoms with van der Waals surface area (Å²) < 4.78 is 8.46. The largest absolute Gasteiger partial charge is 0.508 e. The van der Waals surface area contributed by atoms with Crippen molar-refractivity contribution in [3.63, 3.8) is 0 Å². The van der Waals surface area contributed by atoms with Gasteiger partial charge in [0.2, 0.25) is 0 Å². The van der Waals surface area contributed by atoms with Crippen molar-refractivity contribution in [3.8, 4) is 62.0 Å². The van der Waals surface area contributed by atoms with Crippen LogP contribution in [0.15, 0.2) is 168 Å². The first-order valence-corrected chi connectivity index (χ1v) is 19.9. The van der Waals surface area contributed by atoms with Crippen LogP contribution in [0.1, 0.15) is 0 Å². The van der Waals surface area contributed by atoms with Crippen LogP contribution < -0.4 is 16.4 Å². The SMILES string of the molecule is Bc1c(B)c(O)c(-c2nc3ccccc3n2-c2ccc(-c3c4ccccc4c(-c4cccc5oc6ccccc6c45)c4cc(-c5ccccc5)ccc34)cc2)c(O)c1B. The summed E-state index contributed by atoms with van der Waals surface area (Å²) in [5.74, 6) is 0.548. The molecule has 8 heteroatoms. The molecule has 5 nitrogen and oxygen atoms in total. The number of fused-ring (bicyclic) bond motifs is 6. The van der Waals surface area contributed by atoms with Crippen LogP contribution in [0.3, 0.4) is 0 Å². The molecule has 0 aliphatic carbocycles. The normalized spacial score (nSPS) is 11.7. The van der Waals surface area contributed by atoms with Gasteiger partial charge in [0.25, 0.3) is 0 Å². The number of imidazole rings is 1. The van der Waals surface area contributed by atoms with E-state index in [4.69, 9.17) is 9.40 Å². The number of phenolic OH excluding ortho intramolecular Hbond substituents is 2. The number of para-hydroxylation sites is 3. The third kappa shape index (κ3) is 5.26. The van der Waals surface area contributed by atoms with Gasteiger partial charge in [-0.3, -0.25) is 4.57 Å². The predicted molar refractivity (Wildman–Crippen MR) is 253 cm³/mol. The maximum absolute atomic E-state index is 11.5. The van der Waals surface area contributed by atoms with Crippen molar-refractivity contribution in [1.29, 1.82) is 0 Å². The van der Waals surface area contributed by atoms with Crippen molar-refractivity contribution in [3.05, 3.63) is 164 Å². The van der Waals surface area contributed by atoms with E-state index in [1.165, 1.54) is 5.56 Å². The molecule has 59 heavy (non-hydrogen) atoms. The van der Waals surface area contributed by atoms with Gasteiger partial charge in [0, 0.05) is 16.5 Å². The van der Waals surface area contributed by atoms with Gasteiger partial charge < -0.3 is 14.6 Å². The second kappa shape index (κ2) is 13.3. The highest BCUT2D eigenvalue weighted by molar-refractivity contribution is 6.59. The second-order valence-electron chi connectivity index (χ2n) is 15.5. The average molecular weight is 756 g/mol. The summed E-state index contributed by atoms with van der Waals surface area (Å²) in [7, 11) is 5.67. The molecule has 0 spiro atoms. The molecule has 0 unspecified atom stereocenters. The van der Waals surface area contributed by atoms with Gasteiger partial charge in [0.05, 0.1) is 11.0 Å². The van der Waals surface area contributed by atoms with Crippen LogP contribution in [0.2, 0.25) is 0 Å². The molecule has 0 amide bonds. The first-order chi connectivity index (χ1) is 28.9. The van der Waals surface area contributed by atoms with E-state index in [1.807, 2.05) is 64.5 Å². The Balaban J connectivity index is 1.17. The first kappa shape index (κ1) is 34.8. The van der Waals surface area contributed by atoms with Crippen LogP contribution in [0.5, 0.6) is 11.5 Å². The Morgan fingerprint density at radius 3 is 1.83 bits per heavy atom. The zero-order valence-corrected chi connectivity index (χ0v) is 32.8. The fourth-order valence-corrected chi connectivity index (χ4v) is 9.14. The molecule has 11 aromatic rings. The van der Waals surface area contributed by atoms with Gasteiger partial charge in [-0.1, -0.05) is 138 Å². The lowest BCUT2D eigenvalue weighted by atomic mass is 9.70. The van der Waals surface area contributed by atoms with E-state index >= 15 is 0 Å². The summed E-state index contributed by atoms with van der Waals surface area (Å²) in [5.41, 5.74) is 13.7. The first-order valence-electron chi connectivity index (χ1n) is 19.9. The Bertz CT molecular complexity index is 3470. The minimum atomic E-state index is 0.0331. The topological polar surface area (TPSA) is 71.4 Å². The fourth-order valence-electron chi connectivity index (χ4n) is 9.14. The van der Waals surface area contributed by atoms with E-state index in [2.05, 4.69) is 127 Å². The number of hydrogen-bond acceptors (Lipinski definition) is 4. The fraction of sp³-hybridized carbons (Fsp3) is 0. The molecule has 2 N–H and O–H groups in total. The highest BCUT2D eigenvalue weighted by Gasteiger charge is 2.25.